The summed E-state index contributed by atoms with van der Waals surface area (Å²) in [6.45, 7) is 4.30. The summed E-state index contributed by atoms with van der Waals surface area (Å²) in [6, 6.07) is 20.9. The van der Waals surface area contributed by atoms with Crippen molar-refractivity contribution in [1.82, 2.24) is 9.36 Å². The van der Waals surface area contributed by atoms with E-state index in [-0.39, 0.29) is 11.1 Å². The second-order valence-corrected chi connectivity index (χ2v) is 13.5. The molecule has 5 aromatic heterocycles. The lowest BCUT2D eigenvalue weighted by atomic mass is 10.1. The Morgan fingerprint density at radius 1 is 0.556 bits per heavy atom. The highest BCUT2D eigenvalue weighted by Gasteiger charge is 2.18. The predicted molar refractivity (Wildman–Crippen MR) is 157 cm³/mol. The third-order valence-electron chi connectivity index (χ3n) is 6.35. The zero-order valence-electron chi connectivity index (χ0n) is 20.1. The van der Waals surface area contributed by atoms with Gasteiger partial charge in [0.1, 0.15) is 0 Å². The molecule has 0 aliphatic heterocycles. The Balaban J connectivity index is 1.45. The van der Waals surface area contributed by atoms with E-state index in [9.17, 15) is 9.59 Å². The minimum Gasteiger partial charge on any atom is -0.267 e. The quantitative estimate of drug-likeness (QED) is 0.227. The molecule has 8 heteroatoms. The third kappa shape index (κ3) is 3.85. The number of benzene rings is 1. The van der Waals surface area contributed by atoms with Crippen LogP contribution in [-0.2, 0) is 14.1 Å². The molecule has 0 saturated heterocycles. The minimum absolute atomic E-state index is 0.170. The Labute approximate surface area is 224 Å². The standard InChI is InChI=1S/C28H22N2O2S4/c1-15-5-9-22(33-15)20-14-25(36-26(20)24-10-6-16(2)34-24)23-12-11-21(35-23)17-7-8-18-19(13-17)28(32)30(4)29(3)27(18)31/h5-14H,1-4H3. The number of aromatic nitrogens is 2. The Morgan fingerprint density at radius 3 is 1.83 bits per heavy atom. The summed E-state index contributed by atoms with van der Waals surface area (Å²) in [5.74, 6) is 0. The van der Waals surface area contributed by atoms with Crippen molar-refractivity contribution in [3.8, 4) is 40.4 Å². The van der Waals surface area contributed by atoms with Gasteiger partial charge in [-0.2, -0.15) is 0 Å². The van der Waals surface area contributed by atoms with Crippen molar-refractivity contribution in [2.75, 3.05) is 0 Å². The summed E-state index contributed by atoms with van der Waals surface area (Å²) in [5.41, 5.74) is 1.89. The van der Waals surface area contributed by atoms with Crippen molar-refractivity contribution < 1.29 is 0 Å². The molecule has 0 aliphatic rings. The first kappa shape index (κ1) is 23.4. The topological polar surface area (TPSA) is 44.0 Å². The molecule has 0 fully saturated rings. The van der Waals surface area contributed by atoms with E-state index in [0.717, 1.165) is 10.4 Å². The van der Waals surface area contributed by atoms with Gasteiger partial charge in [0.25, 0.3) is 11.1 Å². The molecule has 0 radical (unpaired) electrons. The first-order valence-electron chi connectivity index (χ1n) is 11.4. The minimum atomic E-state index is -0.171. The van der Waals surface area contributed by atoms with Crippen LogP contribution < -0.4 is 11.1 Å². The molecule has 5 heterocycles. The monoisotopic (exact) mass is 546 g/mol. The van der Waals surface area contributed by atoms with Crippen molar-refractivity contribution in [3.05, 3.63) is 91.1 Å². The van der Waals surface area contributed by atoms with E-state index < -0.39 is 0 Å². The highest BCUT2D eigenvalue weighted by atomic mass is 32.1. The molecule has 36 heavy (non-hydrogen) atoms. The highest BCUT2D eigenvalue weighted by molar-refractivity contribution is 7.28. The fraction of sp³-hybridized carbons (Fsp3) is 0.143. The zero-order chi connectivity index (χ0) is 25.1. The van der Waals surface area contributed by atoms with Crippen LogP contribution in [-0.4, -0.2) is 9.36 Å². The van der Waals surface area contributed by atoms with Gasteiger partial charge >= 0.3 is 0 Å². The van der Waals surface area contributed by atoms with Gasteiger partial charge in [-0.05, 0) is 74.0 Å². The molecule has 0 aliphatic carbocycles. The lowest BCUT2D eigenvalue weighted by Crippen LogP contribution is -2.35. The van der Waals surface area contributed by atoms with Crippen LogP contribution in [0.2, 0.25) is 0 Å². The molecule has 0 atom stereocenters. The van der Waals surface area contributed by atoms with Gasteiger partial charge in [-0.3, -0.25) is 19.0 Å². The van der Waals surface area contributed by atoms with Gasteiger partial charge in [0.2, 0.25) is 0 Å². The Morgan fingerprint density at radius 2 is 1.17 bits per heavy atom. The number of nitrogens with zero attached hydrogens (tertiary/aromatic N) is 2. The SMILES string of the molecule is Cc1ccc(-c2cc(-c3ccc(-c4ccc5c(=O)n(C)n(C)c(=O)c5c4)s3)sc2-c2ccc(C)s2)s1. The van der Waals surface area contributed by atoms with Crippen molar-refractivity contribution >= 4 is 56.1 Å². The maximum absolute atomic E-state index is 12.8. The van der Waals surface area contributed by atoms with Crippen LogP contribution in [0, 0.1) is 13.8 Å². The molecule has 0 unspecified atom stereocenters. The van der Waals surface area contributed by atoms with Gasteiger partial charge in [-0.15, -0.1) is 45.3 Å². The van der Waals surface area contributed by atoms with Gasteiger partial charge in [0.15, 0.2) is 0 Å². The zero-order valence-corrected chi connectivity index (χ0v) is 23.4. The van der Waals surface area contributed by atoms with Crippen molar-refractivity contribution in [2.45, 2.75) is 13.8 Å². The van der Waals surface area contributed by atoms with Gasteiger partial charge in [-0.1, -0.05) is 6.07 Å². The summed E-state index contributed by atoms with van der Waals surface area (Å²) in [6.07, 6.45) is 0. The van der Waals surface area contributed by atoms with Crippen molar-refractivity contribution in [1.29, 1.82) is 0 Å². The molecule has 1 aromatic carbocycles. The van der Waals surface area contributed by atoms with Crippen LogP contribution in [0.5, 0.6) is 0 Å². The molecule has 4 nitrogen and oxygen atoms in total. The normalized spacial score (nSPS) is 11.6. The van der Waals surface area contributed by atoms with Crippen molar-refractivity contribution in [2.24, 2.45) is 14.1 Å². The van der Waals surface area contributed by atoms with Gasteiger partial charge in [-0.25, -0.2) is 0 Å². The molecular formula is C28H22N2O2S4. The van der Waals surface area contributed by atoms with E-state index in [1.807, 2.05) is 46.1 Å². The number of hydrogen-bond acceptors (Lipinski definition) is 6. The molecule has 0 spiro atoms. The average molecular weight is 547 g/mol. The lowest BCUT2D eigenvalue weighted by molar-refractivity contribution is 0.543. The molecular weight excluding hydrogens is 525 g/mol. The first-order chi connectivity index (χ1) is 17.3. The number of aryl methyl sites for hydroxylation is 2. The van der Waals surface area contributed by atoms with Crippen LogP contribution in [0.3, 0.4) is 0 Å². The summed E-state index contributed by atoms with van der Waals surface area (Å²) < 4.78 is 2.71. The fourth-order valence-corrected chi connectivity index (χ4v) is 8.52. The maximum Gasteiger partial charge on any atom is 0.273 e. The number of rotatable bonds is 4. The largest absolute Gasteiger partial charge is 0.273 e. The van der Waals surface area contributed by atoms with E-state index >= 15 is 0 Å². The molecule has 0 bridgehead atoms. The molecule has 0 N–H and O–H groups in total. The van der Waals surface area contributed by atoms with Crippen LogP contribution in [0.15, 0.2) is 70.3 Å². The highest BCUT2D eigenvalue weighted by Crippen LogP contribution is 2.48. The number of thiophene rings is 4. The Hall–Kier alpha value is -3.04. The molecule has 180 valence electrons. The van der Waals surface area contributed by atoms with Gasteiger partial charge < -0.3 is 0 Å². The van der Waals surface area contributed by atoms with Crippen molar-refractivity contribution in [3.63, 3.8) is 0 Å². The molecule has 0 saturated carbocycles. The molecule has 6 rings (SSSR count). The predicted octanol–water partition coefficient (Wildman–Crippen LogP) is 7.77. The third-order valence-corrected chi connectivity index (χ3v) is 11.0. The Bertz CT molecular complexity index is 1830. The van der Waals surface area contributed by atoms with Gasteiger partial charge in [0, 0.05) is 53.8 Å². The van der Waals surface area contributed by atoms with Crippen LogP contribution in [0.1, 0.15) is 9.75 Å². The second-order valence-electron chi connectivity index (χ2n) is 8.76. The van der Waals surface area contributed by atoms with Crippen LogP contribution in [0.4, 0.5) is 0 Å². The first-order valence-corrected chi connectivity index (χ1v) is 14.6. The smallest absolute Gasteiger partial charge is 0.267 e. The summed E-state index contributed by atoms with van der Waals surface area (Å²) in [4.78, 5) is 35.5. The average Bonchev–Trinajstić information content (AvgIpc) is 3.67. The van der Waals surface area contributed by atoms with Crippen LogP contribution in [0.25, 0.3) is 51.2 Å². The summed E-state index contributed by atoms with van der Waals surface area (Å²) >= 11 is 7.21. The maximum atomic E-state index is 12.8. The van der Waals surface area contributed by atoms with E-state index in [2.05, 4.69) is 56.3 Å². The van der Waals surface area contributed by atoms with E-state index in [1.165, 1.54) is 49.1 Å². The Kier molecular flexibility index (Phi) is 5.72. The molecule has 6 aromatic rings. The summed E-state index contributed by atoms with van der Waals surface area (Å²) in [5, 5.41) is 0.904. The van der Waals surface area contributed by atoms with E-state index in [0.29, 0.717) is 10.8 Å². The fourth-order valence-electron chi connectivity index (χ4n) is 4.32. The number of hydrogen-bond donors (Lipinski definition) is 0. The molecule has 0 amide bonds. The van der Waals surface area contributed by atoms with Crippen LogP contribution >= 0.6 is 45.3 Å². The second kappa shape index (κ2) is 8.81. The van der Waals surface area contributed by atoms with Gasteiger partial charge in [0.05, 0.1) is 15.6 Å². The summed E-state index contributed by atoms with van der Waals surface area (Å²) in [7, 11) is 3.23. The lowest BCUT2D eigenvalue weighted by Gasteiger charge is -2.08. The van der Waals surface area contributed by atoms with E-state index in [4.69, 9.17) is 0 Å². The number of fused-ring (bicyclic) bond motifs is 1. The van der Waals surface area contributed by atoms with E-state index in [1.54, 1.807) is 31.5 Å².